The summed E-state index contributed by atoms with van der Waals surface area (Å²) in [6.07, 6.45) is 0.734. The molecule has 26 heavy (non-hydrogen) atoms. The van der Waals surface area contributed by atoms with E-state index in [-0.39, 0.29) is 30.2 Å². The largest absolute Gasteiger partial charge is 0.348 e. The summed E-state index contributed by atoms with van der Waals surface area (Å²) in [7, 11) is 0. The van der Waals surface area contributed by atoms with Gasteiger partial charge in [0.05, 0.1) is 12.6 Å². The van der Waals surface area contributed by atoms with E-state index >= 15 is 0 Å². The van der Waals surface area contributed by atoms with Crippen LogP contribution in [0.3, 0.4) is 0 Å². The monoisotopic (exact) mass is 372 g/mol. The SMILES string of the molecule is Cc1ccc(C(=O)NCC(=O)NC2CCSc3c(F)cccc32)cc1C. The molecule has 3 rings (SSSR count). The standard InChI is InChI=1S/C20H21FN2O2S/c1-12-6-7-14(10-13(12)2)20(25)22-11-18(24)23-17-8-9-26-19-15(17)4-3-5-16(19)21/h3-7,10,17H,8-9,11H2,1-2H3,(H,22,25)(H,23,24). The highest BCUT2D eigenvalue weighted by Gasteiger charge is 2.24. The molecule has 2 aromatic rings. The van der Waals surface area contributed by atoms with Gasteiger partial charge in [-0.05, 0) is 55.2 Å². The zero-order chi connectivity index (χ0) is 18.7. The number of rotatable bonds is 4. The second-order valence-electron chi connectivity index (χ2n) is 6.40. The van der Waals surface area contributed by atoms with E-state index in [0.29, 0.717) is 10.5 Å². The second kappa shape index (κ2) is 7.91. The van der Waals surface area contributed by atoms with Crippen molar-refractivity contribution in [1.29, 1.82) is 0 Å². The molecule has 0 bridgehead atoms. The average Bonchev–Trinajstić information content (AvgIpc) is 2.63. The van der Waals surface area contributed by atoms with Gasteiger partial charge in [-0.2, -0.15) is 0 Å². The van der Waals surface area contributed by atoms with Crippen LogP contribution in [0.2, 0.25) is 0 Å². The smallest absolute Gasteiger partial charge is 0.251 e. The Bertz CT molecular complexity index is 854. The Morgan fingerprint density at radius 1 is 1.19 bits per heavy atom. The average molecular weight is 372 g/mol. The van der Waals surface area contributed by atoms with Gasteiger partial charge in [-0.25, -0.2) is 4.39 Å². The molecule has 136 valence electrons. The highest BCUT2D eigenvalue weighted by Crippen LogP contribution is 2.37. The molecule has 0 saturated carbocycles. The molecule has 0 aromatic heterocycles. The number of halogens is 1. The Hall–Kier alpha value is -2.34. The van der Waals surface area contributed by atoms with Gasteiger partial charge >= 0.3 is 0 Å². The van der Waals surface area contributed by atoms with Crippen molar-refractivity contribution in [3.05, 3.63) is 64.5 Å². The van der Waals surface area contributed by atoms with Crippen LogP contribution in [0.4, 0.5) is 4.39 Å². The number of carbonyl (C=O) groups is 2. The van der Waals surface area contributed by atoms with Crippen molar-refractivity contribution in [2.45, 2.75) is 31.2 Å². The number of thioether (sulfide) groups is 1. The number of benzene rings is 2. The lowest BCUT2D eigenvalue weighted by atomic mass is 10.0. The summed E-state index contributed by atoms with van der Waals surface area (Å²) in [5.41, 5.74) is 3.47. The number of amides is 2. The van der Waals surface area contributed by atoms with E-state index in [0.717, 1.165) is 28.9 Å². The van der Waals surface area contributed by atoms with Crippen LogP contribution in [0, 0.1) is 19.7 Å². The summed E-state index contributed by atoms with van der Waals surface area (Å²) in [6.45, 7) is 3.81. The van der Waals surface area contributed by atoms with Crippen LogP contribution in [0.5, 0.6) is 0 Å². The van der Waals surface area contributed by atoms with E-state index in [4.69, 9.17) is 0 Å². The quantitative estimate of drug-likeness (QED) is 0.863. The maximum absolute atomic E-state index is 13.9. The number of fused-ring (bicyclic) bond motifs is 1. The fourth-order valence-corrected chi connectivity index (χ4v) is 4.07. The van der Waals surface area contributed by atoms with Crippen LogP contribution in [-0.2, 0) is 4.79 Å². The van der Waals surface area contributed by atoms with Crippen molar-refractivity contribution in [3.8, 4) is 0 Å². The van der Waals surface area contributed by atoms with Crippen LogP contribution in [-0.4, -0.2) is 24.1 Å². The molecule has 4 nitrogen and oxygen atoms in total. The maximum Gasteiger partial charge on any atom is 0.251 e. The topological polar surface area (TPSA) is 58.2 Å². The van der Waals surface area contributed by atoms with Crippen LogP contribution < -0.4 is 10.6 Å². The third kappa shape index (κ3) is 4.07. The van der Waals surface area contributed by atoms with E-state index in [9.17, 15) is 14.0 Å². The van der Waals surface area contributed by atoms with E-state index in [1.807, 2.05) is 26.0 Å². The first-order valence-electron chi connectivity index (χ1n) is 8.51. The second-order valence-corrected chi connectivity index (χ2v) is 7.50. The van der Waals surface area contributed by atoms with E-state index < -0.39 is 0 Å². The Labute approximate surface area is 156 Å². The summed E-state index contributed by atoms with van der Waals surface area (Å²) in [6, 6.07) is 10.1. The summed E-state index contributed by atoms with van der Waals surface area (Å²) in [5, 5.41) is 5.54. The van der Waals surface area contributed by atoms with Gasteiger partial charge in [0.15, 0.2) is 0 Å². The van der Waals surface area contributed by atoms with Crippen molar-refractivity contribution >= 4 is 23.6 Å². The molecule has 1 unspecified atom stereocenters. The fourth-order valence-electron chi connectivity index (χ4n) is 2.93. The van der Waals surface area contributed by atoms with Gasteiger partial charge < -0.3 is 10.6 Å². The number of hydrogen-bond acceptors (Lipinski definition) is 3. The first-order chi connectivity index (χ1) is 12.5. The minimum atomic E-state index is -0.283. The Balaban J connectivity index is 1.59. The molecule has 2 amide bonds. The molecule has 0 aliphatic carbocycles. The van der Waals surface area contributed by atoms with Gasteiger partial charge in [0.2, 0.25) is 5.91 Å². The number of carbonyl (C=O) groups excluding carboxylic acids is 2. The first kappa shape index (κ1) is 18.5. The lowest BCUT2D eigenvalue weighted by molar-refractivity contribution is -0.120. The first-order valence-corrected chi connectivity index (χ1v) is 9.50. The van der Waals surface area contributed by atoms with Crippen molar-refractivity contribution < 1.29 is 14.0 Å². The molecule has 1 aliphatic heterocycles. The summed E-state index contributed by atoms with van der Waals surface area (Å²) < 4.78 is 13.9. The Kier molecular flexibility index (Phi) is 5.61. The third-order valence-corrected chi connectivity index (χ3v) is 5.70. The number of nitrogens with one attached hydrogen (secondary N) is 2. The Morgan fingerprint density at radius 3 is 2.77 bits per heavy atom. The van der Waals surface area contributed by atoms with Gasteiger partial charge in [-0.3, -0.25) is 9.59 Å². The minimum absolute atomic E-state index is 0.111. The van der Waals surface area contributed by atoms with Crippen LogP contribution in [0.15, 0.2) is 41.3 Å². The van der Waals surface area contributed by atoms with Crippen LogP contribution in [0.25, 0.3) is 0 Å². The molecule has 1 heterocycles. The lowest BCUT2D eigenvalue weighted by Gasteiger charge is -2.26. The molecule has 0 saturated heterocycles. The van der Waals surface area contributed by atoms with Crippen LogP contribution >= 0.6 is 11.8 Å². The summed E-state index contributed by atoms with van der Waals surface area (Å²) in [5.74, 6) is -0.0777. The van der Waals surface area contributed by atoms with Gasteiger partial charge in [0.25, 0.3) is 5.91 Å². The zero-order valence-corrected chi connectivity index (χ0v) is 15.6. The summed E-state index contributed by atoms with van der Waals surface area (Å²) in [4.78, 5) is 25.0. The molecule has 1 atom stereocenters. The van der Waals surface area contributed by atoms with E-state index in [1.54, 1.807) is 18.2 Å². The molecule has 6 heteroatoms. The summed E-state index contributed by atoms with van der Waals surface area (Å²) >= 11 is 1.47. The van der Waals surface area contributed by atoms with E-state index in [2.05, 4.69) is 10.6 Å². The van der Waals surface area contributed by atoms with Crippen molar-refractivity contribution in [2.75, 3.05) is 12.3 Å². The number of hydrogen-bond donors (Lipinski definition) is 2. The predicted octanol–water partition coefficient (Wildman–Crippen LogP) is 3.53. The van der Waals surface area contributed by atoms with Gasteiger partial charge in [-0.1, -0.05) is 18.2 Å². The zero-order valence-electron chi connectivity index (χ0n) is 14.8. The molecular weight excluding hydrogens is 351 g/mol. The normalized spacial score (nSPS) is 15.9. The molecule has 0 radical (unpaired) electrons. The Morgan fingerprint density at radius 2 is 2.00 bits per heavy atom. The molecule has 0 spiro atoms. The van der Waals surface area contributed by atoms with Gasteiger partial charge in [0, 0.05) is 16.2 Å². The molecule has 1 aliphatic rings. The molecule has 2 N–H and O–H groups in total. The number of aryl methyl sites for hydroxylation is 2. The van der Waals surface area contributed by atoms with Crippen molar-refractivity contribution in [1.82, 2.24) is 10.6 Å². The fraction of sp³-hybridized carbons (Fsp3) is 0.300. The molecule has 0 fully saturated rings. The maximum atomic E-state index is 13.9. The molecular formula is C20H21FN2O2S. The van der Waals surface area contributed by atoms with Gasteiger partial charge in [0.1, 0.15) is 5.82 Å². The third-order valence-electron chi connectivity index (χ3n) is 4.54. The van der Waals surface area contributed by atoms with E-state index in [1.165, 1.54) is 17.8 Å². The van der Waals surface area contributed by atoms with Crippen molar-refractivity contribution in [3.63, 3.8) is 0 Å². The highest BCUT2D eigenvalue weighted by atomic mass is 32.2. The predicted molar refractivity (Wildman–Crippen MR) is 101 cm³/mol. The molecule has 2 aromatic carbocycles. The minimum Gasteiger partial charge on any atom is -0.348 e. The lowest BCUT2D eigenvalue weighted by Crippen LogP contribution is -2.39. The van der Waals surface area contributed by atoms with Crippen molar-refractivity contribution in [2.24, 2.45) is 0 Å². The van der Waals surface area contributed by atoms with Crippen LogP contribution in [0.1, 0.15) is 39.5 Å². The highest BCUT2D eigenvalue weighted by molar-refractivity contribution is 7.99. The van der Waals surface area contributed by atoms with Gasteiger partial charge in [-0.15, -0.1) is 11.8 Å².